The van der Waals surface area contributed by atoms with Gasteiger partial charge in [-0.05, 0) is 65.3 Å². The zero-order chi connectivity index (χ0) is 13.1. The highest BCUT2D eigenvalue weighted by Crippen LogP contribution is 2.28. The Morgan fingerprint density at radius 1 is 1.33 bits per heavy atom. The van der Waals surface area contributed by atoms with E-state index in [4.69, 9.17) is 0 Å². The summed E-state index contributed by atoms with van der Waals surface area (Å²) >= 11 is 3.48. The molecule has 0 radical (unpaired) electrons. The van der Waals surface area contributed by atoms with Crippen molar-refractivity contribution in [2.75, 3.05) is 7.05 Å². The van der Waals surface area contributed by atoms with Crippen molar-refractivity contribution < 1.29 is 4.39 Å². The van der Waals surface area contributed by atoms with Gasteiger partial charge in [-0.2, -0.15) is 0 Å². The number of hydrogen-bond donors (Lipinski definition) is 1. The minimum atomic E-state index is -0.233. The van der Waals surface area contributed by atoms with Gasteiger partial charge in [0.1, 0.15) is 5.82 Å². The van der Waals surface area contributed by atoms with Crippen molar-refractivity contribution in [1.82, 2.24) is 10.3 Å². The average Bonchev–Trinajstić information content (AvgIpc) is 2.36. The number of nitrogens with one attached hydrogen (secondary N) is 1. The Kier molecular flexibility index (Phi) is 4.09. The second-order valence-corrected chi connectivity index (χ2v) is 4.95. The van der Waals surface area contributed by atoms with Crippen LogP contribution in [0.25, 0.3) is 0 Å². The van der Waals surface area contributed by atoms with Crippen LogP contribution in [0.1, 0.15) is 22.9 Å². The lowest BCUT2D eigenvalue weighted by molar-refractivity contribution is 0.611. The minimum absolute atomic E-state index is 0.128. The lowest BCUT2D eigenvalue weighted by Gasteiger charge is -2.19. The second kappa shape index (κ2) is 5.59. The molecule has 0 aliphatic carbocycles. The van der Waals surface area contributed by atoms with Crippen molar-refractivity contribution in [2.24, 2.45) is 0 Å². The van der Waals surface area contributed by atoms with Crippen molar-refractivity contribution in [3.8, 4) is 0 Å². The maximum atomic E-state index is 13.4. The Labute approximate surface area is 114 Å². The minimum Gasteiger partial charge on any atom is -0.308 e. The van der Waals surface area contributed by atoms with Crippen LogP contribution in [0, 0.1) is 12.7 Å². The molecule has 0 spiro atoms. The molecule has 2 nitrogen and oxygen atoms in total. The number of pyridine rings is 1. The Balaban J connectivity index is 2.52. The molecule has 0 fully saturated rings. The fraction of sp³-hybridized carbons (Fsp3) is 0.214. The summed E-state index contributed by atoms with van der Waals surface area (Å²) in [6.45, 7) is 1.97. The molecule has 0 aliphatic heterocycles. The average molecular weight is 309 g/mol. The summed E-state index contributed by atoms with van der Waals surface area (Å²) < 4.78 is 14.3. The van der Waals surface area contributed by atoms with E-state index in [9.17, 15) is 4.39 Å². The number of benzene rings is 1. The molecule has 18 heavy (non-hydrogen) atoms. The fourth-order valence-corrected chi connectivity index (χ4v) is 2.46. The van der Waals surface area contributed by atoms with Crippen LogP contribution >= 0.6 is 15.9 Å². The smallest absolute Gasteiger partial charge is 0.123 e. The fourth-order valence-electron chi connectivity index (χ4n) is 1.97. The third-order valence-electron chi connectivity index (χ3n) is 2.90. The van der Waals surface area contributed by atoms with E-state index >= 15 is 0 Å². The summed E-state index contributed by atoms with van der Waals surface area (Å²) in [5, 5.41) is 3.18. The zero-order valence-electron chi connectivity index (χ0n) is 10.2. The van der Waals surface area contributed by atoms with Gasteiger partial charge >= 0.3 is 0 Å². The molecule has 0 bridgehead atoms. The summed E-state index contributed by atoms with van der Waals surface area (Å²) in [5.41, 5.74) is 2.79. The van der Waals surface area contributed by atoms with Crippen molar-refractivity contribution in [1.29, 1.82) is 0 Å². The SMILES string of the molecule is CNC(c1cc(F)ccc1C)c1ncccc1Br. The molecule has 1 atom stereocenters. The van der Waals surface area contributed by atoms with Gasteiger partial charge in [0.25, 0.3) is 0 Å². The van der Waals surface area contributed by atoms with Crippen LogP contribution < -0.4 is 5.32 Å². The molecular formula is C14H14BrFN2. The predicted octanol–water partition coefficient (Wildman–Crippen LogP) is 3.60. The molecule has 0 amide bonds. The molecule has 1 N–H and O–H groups in total. The van der Waals surface area contributed by atoms with Gasteiger partial charge in [-0.3, -0.25) is 4.98 Å². The molecule has 0 saturated carbocycles. The van der Waals surface area contributed by atoms with Crippen LogP contribution in [-0.4, -0.2) is 12.0 Å². The maximum absolute atomic E-state index is 13.4. The van der Waals surface area contributed by atoms with Gasteiger partial charge < -0.3 is 5.32 Å². The van der Waals surface area contributed by atoms with E-state index in [-0.39, 0.29) is 11.9 Å². The molecule has 94 valence electrons. The maximum Gasteiger partial charge on any atom is 0.123 e. The van der Waals surface area contributed by atoms with Crippen LogP contribution in [0.4, 0.5) is 4.39 Å². The van der Waals surface area contributed by atoms with Gasteiger partial charge in [0, 0.05) is 10.7 Å². The van der Waals surface area contributed by atoms with E-state index < -0.39 is 0 Å². The Bertz CT molecular complexity index is 557. The Hall–Kier alpha value is -1.26. The molecule has 1 heterocycles. The van der Waals surface area contributed by atoms with Crippen molar-refractivity contribution in [2.45, 2.75) is 13.0 Å². The van der Waals surface area contributed by atoms with Gasteiger partial charge in [0.15, 0.2) is 0 Å². The van der Waals surface area contributed by atoms with Crippen LogP contribution in [0.5, 0.6) is 0 Å². The first kappa shape index (κ1) is 13.2. The van der Waals surface area contributed by atoms with Crippen LogP contribution in [0.3, 0.4) is 0 Å². The third-order valence-corrected chi connectivity index (χ3v) is 3.57. The molecule has 1 unspecified atom stereocenters. The molecule has 1 aromatic carbocycles. The topological polar surface area (TPSA) is 24.9 Å². The number of nitrogens with zero attached hydrogens (tertiary/aromatic N) is 1. The van der Waals surface area contributed by atoms with E-state index in [0.717, 1.165) is 21.3 Å². The largest absolute Gasteiger partial charge is 0.308 e. The standard InChI is InChI=1S/C14H14BrFN2/c1-9-5-6-10(16)8-11(9)13(17-2)14-12(15)4-3-7-18-14/h3-8,13,17H,1-2H3. The molecule has 0 aliphatic rings. The summed E-state index contributed by atoms with van der Waals surface area (Å²) in [7, 11) is 1.84. The lowest BCUT2D eigenvalue weighted by Crippen LogP contribution is -2.20. The third kappa shape index (κ3) is 2.60. The molecule has 2 rings (SSSR count). The van der Waals surface area contributed by atoms with Crippen molar-refractivity contribution >= 4 is 15.9 Å². The van der Waals surface area contributed by atoms with E-state index in [2.05, 4.69) is 26.2 Å². The highest BCUT2D eigenvalue weighted by molar-refractivity contribution is 9.10. The Morgan fingerprint density at radius 3 is 2.78 bits per heavy atom. The highest BCUT2D eigenvalue weighted by atomic mass is 79.9. The summed E-state index contributed by atoms with van der Waals surface area (Å²) in [5.74, 6) is -0.233. The van der Waals surface area contributed by atoms with Gasteiger partial charge in [-0.15, -0.1) is 0 Å². The van der Waals surface area contributed by atoms with E-state index in [0.29, 0.717) is 0 Å². The van der Waals surface area contributed by atoms with Crippen molar-refractivity contribution in [3.05, 3.63) is 63.6 Å². The molecule has 0 saturated heterocycles. The van der Waals surface area contributed by atoms with E-state index in [1.54, 1.807) is 18.3 Å². The van der Waals surface area contributed by atoms with Gasteiger partial charge in [0.05, 0.1) is 11.7 Å². The summed E-state index contributed by atoms with van der Waals surface area (Å²) in [6, 6.07) is 8.47. The van der Waals surface area contributed by atoms with E-state index in [1.165, 1.54) is 6.07 Å². The predicted molar refractivity (Wildman–Crippen MR) is 74.0 cm³/mol. The van der Waals surface area contributed by atoms with Crippen LogP contribution in [0.2, 0.25) is 0 Å². The quantitative estimate of drug-likeness (QED) is 0.937. The molecule has 2 aromatic rings. The molecular weight excluding hydrogens is 295 g/mol. The van der Waals surface area contributed by atoms with Crippen LogP contribution in [-0.2, 0) is 0 Å². The lowest BCUT2D eigenvalue weighted by atomic mass is 9.98. The molecule has 1 aromatic heterocycles. The molecule has 4 heteroatoms. The number of rotatable bonds is 3. The number of aryl methyl sites for hydroxylation is 1. The van der Waals surface area contributed by atoms with Gasteiger partial charge in [-0.25, -0.2) is 4.39 Å². The summed E-state index contributed by atoms with van der Waals surface area (Å²) in [4.78, 5) is 4.36. The second-order valence-electron chi connectivity index (χ2n) is 4.09. The van der Waals surface area contributed by atoms with Crippen molar-refractivity contribution in [3.63, 3.8) is 0 Å². The first-order valence-corrected chi connectivity index (χ1v) is 6.46. The zero-order valence-corrected chi connectivity index (χ0v) is 11.8. The normalized spacial score (nSPS) is 12.4. The first-order chi connectivity index (χ1) is 8.63. The number of halogens is 2. The monoisotopic (exact) mass is 308 g/mol. The van der Waals surface area contributed by atoms with Gasteiger partial charge in [-0.1, -0.05) is 6.07 Å². The summed E-state index contributed by atoms with van der Waals surface area (Å²) in [6.07, 6.45) is 1.74. The van der Waals surface area contributed by atoms with E-state index in [1.807, 2.05) is 26.1 Å². The first-order valence-electron chi connectivity index (χ1n) is 5.67. The number of hydrogen-bond acceptors (Lipinski definition) is 2. The number of aromatic nitrogens is 1. The highest BCUT2D eigenvalue weighted by Gasteiger charge is 2.18. The van der Waals surface area contributed by atoms with Gasteiger partial charge in [0.2, 0.25) is 0 Å². The Morgan fingerprint density at radius 2 is 2.11 bits per heavy atom. The van der Waals surface area contributed by atoms with Crippen LogP contribution in [0.15, 0.2) is 41.0 Å².